The molecule has 4 nitrogen and oxygen atoms in total. The molecular weight excluding hydrogens is 262 g/mol. The third-order valence-electron chi connectivity index (χ3n) is 4.04. The zero-order valence-corrected chi connectivity index (χ0v) is 11.9. The maximum absolute atomic E-state index is 11.5. The van der Waals surface area contributed by atoms with E-state index in [0.717, 1.165) is 24.4 Å². The van der Waals surface area contributed by atoms with Gasteiger partial charge >= 0.3 is 0 Å². The van der Waals surface area contributed by atoms with Gasteiger partial charge in [-0.25, -0.2) is 8.42 Å². The van der Waals surface area contributed by atoms with Crippen molar-refractivity contribution in [3.8, 4) is 5.75 Å². The molecule has 2 aliphatic heterocycles. The number of hydrogen-bond acceptors (Lipinski definition) is 4. The van der Waals surface area contributed by atoms with Gasteiger partial charge in [-0.05, 0) is 25.0 Å². The summed E-state index contributed by atoms with van der Waals surface area (Å²) in [5, 5.41) is 3.33. The molecule has 0 unspecified atom stereocenters. The standard InChI is InChI=1S/C14H19NO3S/c1-14(5-8-19(16,17)9-6-14)18-12-3-2-11-4-7-15-13(11)10-12/h2-3,10,15H,4-9H2,1H3. The lowest BCUT2D eigenvalue weighted by molar-refractivity contribution is 0.0780. The highest BCUT2D eigenvalue weighted by molar-refractivity contribution is 7.91. The molecule has 3 rings (SSSR count). The minimum absolute atomic E-state index is 0.229. The van der Waals surface area contributed by atoms with Gasteiger partial charge in [0, 0.05) is 31.1 Å². The summed E-state index contributed by atoms with van der Waals surface area (Å²) in [5.74, 6) is 1.29. The van der Waals surface area contributed by atoms with Gasteiger partial charge in [0.15, 0.2) is 9.84 Å². The van der Waals surface area contributed by atoms with Crippen LogP contribution in [0.2, 0.25) is 0 Å². The van der Waals surface area contributed by atoms with E-state index in [1.54, 1.807) is 0 Å². The van der Waals surface area contributed by atoms with E-state index in [1.165, 1.54) is 5.56 Å². The summed E-state index contributed by atoms with van der Waals surface area (Å²) >= 11 is 0. The first-order valence-corrected chi connectivity index (χ1v) is 8.54. The lowest BCUT2D eigenvalue weighted by Gasteiger charge is -2.34. The van der Waals surface area contributed by atoms with Crippen LogP contribution >= 0.6 is 0 Å². The molecule has 0 amide bonds. The Labute approximate surface area is 114 Å². The molecule has 2 aliphatic rings. The van der Waals surface area contributed by atoms with Crippen molar-refractivity contribution in [2.45, 2.75) is 31.8 Å². The van der Waals surface area contributed by atoms with E-state index in [-0.39, 0.29) is 17.1 Å². The van der Waals surface area contributed by atoms with Gasteiger partial charge < -0.3 is 10.1 Å². The molecule has 19 heavy (non-hydrogen) atoms. The molecule has 0 aliphatic carbocycles. The van der Waals surface area contributed by atoms with E-state index in [9.17, 15) is 8.42 Å². The van der Waals surface area contributed by atoms with Crippen LogP contribution in [0, 0.1) is 0 Å². The Morgan fingerprint density at radius 3 is 2.74 bits per heavy atom. The van der Waals surface area contributed by atoms with Crippen LogP contribution in [0.25, 0.3) is 0 Å². The third kappa shape index (κ3) is 2.71. The lowest BCUT2D eigenvalue weighted by Crippen LogP contribution is -2.41. The molecule has 1 fully saturated rings. The largest absolute Gasteiger partial charge is 0.487 e. The van der Waals surface area contributed by atoms with Gasteiger partial charge in [-0.1, -0.05) is 6.07 Å². The van der Waals surface area contributed by atoms with Gasteiger partial charge in [0.25, 0.3) is 0 Å². The summed E-state index contributed by atoms with van der Waals surface area (Å²) in [6.07, 6.45) is 2.20. The van der Waals surface area contributed by atoms with Gasteiger partial charge in [-0.3, -0.25) is 0 Å². The normalized spacial score (nSPS) is 23.4. The summed E-state index contributed by atoms with van der Waals surface area (Å²) in [6, 6.07) is 6.10. The average Bonchev–Trinajstić information content (AvgIpc) is 2.81. The van der Waals surface area contributed by atoms with Gasteiger partial charge in [0.2, 0.25) is 0 Å². The van der Waals surface area contributed by atoms with Crippen LogP contribution in [-0.2, 0) is 16.3 Å². The molecule has 2 heterocycles. The Bertz CT molecular complexity index is 581. The van der Waals surface area contributed by atoms with E-state index in [0.29, 0.717) is 12.8 Å². The molecule has 0 spiro atoms. The molecule has 104 valence electrons. The Morgan fingerprint density at radius 2 is 2.00 bits per heavy atom. The van der Waals surface area contributed by atoms with Crippen molar-refractivity contribution < 1.29 is 13.2 Å². The Balaban J connectivity index is 1.74. The second-order valence-electron chi connectivity index (χ2n) is 5.70. The Morgan fingerprint density at radius 1 is 1.26 bits per heavy atom. The average molecular weight is 281 g/mol. The first-order valence-electron chi connectivity index (χ1n) is 6.72. The molecule has 1 saturated heterocycles. The van der Waals surface area contributed by atoms with Crippen molar-refractivity contribution in [1.29, 1.82) is 0 Å². The van der Waals surface area contributed by atoms with E-state index >= 15 is 0 Å². The molecule has 1 aromatic carbocycles. The number of sulfone groups is 1. The monoisotopic (exact) mass is 281 g/mol. The van der Waals surface area contributed by atoms with Crippen LogP contribution in [0.15, 0.2) is 18.2 Å². The summed E-state index contributed by atoms with van der Waals surface area (Å²) in [4.78, 5) is 0. The molecule has 0 radical (unpaired) electrons. The maximum Gasteiger partial charge on any atom is 0.150 e. The lowest BCUT2D eigenvalue weighted by atomic mass is 9.99. The fourth-order valence-corrected chi connectivity index (χ4v) is 4.38. The zero-order chi connectivity index (χ0) is 13.5. The Hall–Kier alpha value is -1.23. The quantitative estimate of drug-likeness (QED) is 0.901. The van der Waals surface area contributed by atoms with Crippen molar-refractivity contribution in [1.82, 2.24) is 0 Å². The van der Waals surface area contributed by atoms with Gasteiger partial charge in [0.05, 0.1) is 11.5 Å². The first-order chi connectivity index (χ1) is 8.96. The number of nitrogens with one attached hydrogen (secondary N) is 1. The van der Waals surface area contributed by atoms with Crippen LogP contribution in [0.1, 0.15) is 25.3 Å². The first kappa shape index (κ1) is 12.8. The van der Waals surface area contributed by atoms with E-state index in [4.69, 9.17) is 4.74 Å². The minimum Gasteiger partial charge on any atom is -0.487 e. The van der Waals surface area contributed by atoms with Crippen LogP contribution in [-0.4, -0.2) is 32.1 Å². The number of fused-ring (bicyclic) bond motifs is 1. The van der Waals surface area contributed by atoms with Crippen molar-refractivity contribution >= 4 is 15.5 Å². The summed E-state index contributed by atoms with van der Waals surface area (Å²) in [6.45, 7) is 2.98. The summed E-state index contributed by atoms with van der Waals surface area (Å²) in [7, 11) is -2.85. The number of hydrogen-bond donors (Lipinski definition) is 1. The summed E-state index contributed by atoms with van der Waals surface area (Å²) < 4.78 is 29.0. The van der Waals surface area contributed by atoms with E-state index < -0.39 is 9.84 Å². The third-order valence-corrected chi connectivity index (χ3v) is 5.69. The van der Waals surface area contributed by atoms with Crippen molar-refractivity contribution in [2.24, 2.45) is 0 Å². The molecule has 0 bridgehead atoms. The van der Waals surface area contributed by atoms with Gasteiger partial charge in [-0.15, -0.1) is 0 Å². The van der Waals surface area contributed by atoms with E-state index in [2.05, 4.69) is 11.4 Å². The van der Waals surface area contributed by atoms with Gasteiger partial charge in [0.1, 0.15) is 11.4 Å². The zero-order valence-electron chi connectivity index (χ0n) is 11.1. The second kappa shape index (κ2) is 4.40. The fourth-order valence-electron chi connectivity index (χ4n) is 2.69. The molecule has 0 atom stereocenters. The van der Waals surface area contributed by atoms with Crippen molar-refractivity contribution in [2.75, 3.05) is 23.4 Å². The molecule has 1 N–H and O–H groups in total. The summed E-state index contributed by atoms with van der Waals surface area (Å²) in [5.41, 5.74) is 2.10. The smallest absolute Gasteiger partial charge is 0.150 e. The predicted molar refractivity (Wildman–Crippen MR) is 75.6 cm³/mol. The Kier molecular flexibility index (Phi) is 2.96. The number of ether oxygens (including phenoxy) is 1. The fraction of sp³-hybridized carbons (Fsp3) is 0.571. The number of rotatable bonds is 2. The number of anilines is 1. The van der Waals surface area contributed by atoms with Crippen molar-refractivity contribution in [3.05, 3.63) is 23.8 Å². The minimum atomic E-state index is -2.85. The van der Waals surface area contributed by atoms with Crippen LogP contribution < -0.4 is 10.1 Å². The highest BCUT2D eigenvalue weighted by Crippen LogP contribution is 2.33. The van der Waals surface area contributed by atoms with Crippen LogP contribution in [0.4, 0.5) is 5.69 Å². The molecule has 0 aromatic heterocycles. The molecule has 5 heteroatoms. The van der Waals surface area contributed by atoms with E-state index in [1.807, 2.05) is 19.1 Å². The highest BCUT2D eigenvalue weighted by atomic mass is 32.2. The highest BCUT2D eigenvalue weighted by Gasteiger charge is 2.35. The SMILES string of the molecule is CC1(Oc2ccc3c(c2)NCC3)CCS(=O)(=O)CC1. The molecule has 0 saturated carbocycles. The van der Waals surface area contributed by atoms with Crippen LogP contribution in [0.3, 0.4) is 0 Å². The van der Waals surface area contributed by atoms with Gasteiger partial charge in [-0.2, -0.15) is 0 Å². The van der Waals surface area contributed by atoms with Crippen LogP contribution in [0.5, 0.6) is 5.75 Å². The molecular formula is C14H19NO3S. The maximum atomic E-state index is 11.5. The topological polar surface area (TPSA) is 55.4 Å². The number of benzene rings is 1. The predicted octanol–water partition coefficient (Wildman–Crippen LogP) is 2.00. The second-order valence-corrected chi connectivity index (χ2v) is 8.00. The van der Waals surface area contributed by atoms with Crippen molar-refractivity contribution in [3.63, 3.8) is 0 Å². The molecule has 1 aromatic rings.